The molecule has 1 saturated heterocycles. The summed E-state index contributed by atoms with van der Waals surface area (Å²) in [6.45, 7) is 0.884. The van der Waals surface area contributed by atoms with Gasteiger partial charge in [-0.15, -0.1) is 0 Å². The quantitative estimate of drug-likeness (QED) is 0.643. The Morgan fingerprint density at radius 1 is 1.11 bits per heavy atom. The summed E-state index contributed by atoms with van der Waals surface area (Å²) < 4.78 is 0. The number of hydrogen-bond acceptors (Lipinski definition) is 4. The molecule has 7 nitrogen and oxygen atoms in total. The topological polar surface area (TPSA) is 92.6 Å². The van der Waals surface area contributed by atoms with Crippen molar-refractivity contribution >= 4 is 29.1 Å². The van der Waals surface area contributed by atoms with E-state index < -0.39 is 4.92 Å². The monoisotopic (exact) mass is 387 g/mol. The molecule has 8 heteroatoms. The van der Waals surface area contributed by atoms with E-state index in [1.54, 1.807) is 29.2 Å². The van der Waals surface area contributed by atoms with Crippen LogP contribution in [0.5, 0.6) is 0 Å². The van der Waals surface area contributed by atoms with Crippen LogP contribution in [0.1, 0.15) is 33.6 Å². The second-order valence-corrected chi connectivity index (χ2v) is 6.73. The average Bonchev–Trinajstić information content (AvgIpc) is 2.69. The number of halogens is 1. The Morgan fingerprint density at radius 2 is 1.78 bits per heavy atom. The largest absolute Gasteiger partial charge is 0.349 e. The summed E-state index contributed by atoms with van der Waals surface area (Å²) >= 11 is 6.05. The SMILES string of the molecule is O=C(NC1CCN(C(=O)c2cc([N+](=O)[O-])ccc2Cl)CC1)c1ccccc1. The lowest BCUT2D eigenvalue weighted by molar-refractivity contribution is -0.384. The smallest absolute Gasteiger partial charge is 0.270 e. The number of hydrogen-bond donors (Lipinski definition) is 1. The molecule has 0 spiro atoms. The summed E-state index contributed by atoms with van der Waals surface area (Å²) in [5, 5.41) is 14.1. The van der Waals surface area contributed by atoms with Crippen LogP contribution in [0.25, 0.3) is 0 Å². The number of nitro benzene ring substituents is 1. The van der Waals surface area contributed by atoms with Gasteiger partial charge in [-0.1, -0.05) is 29.8 Å². The third-order valence-corrected chi connectivity index (χ3v) is 4.87. The highest BCUT2D eigenvalue weighted by molar-refractivity contribution is 6.33. The molecule has 0 saturated carbocycles. The van der Waals surface area contributed by atoms with Gasteiger partial charge in [0.2, 0.25) is 0 Å². The lowest BCUT2D eigenvalue weighted by Gasteiger charge is -2.32. The number of carbonyl (C=O) groups is 2. The molecule has 1 N–H and O–H groups in total. The van der Waals surface area contributed by atoms with Crippen LogP contribution in [0, 0.1) is 10.1 Å². The predicted molar refractivity (Wildman–Crippen MR) is 101 cm³/mol. The molecule has 0 unspecified atom stereocenters. The van der Waals surface area contributed by atoms with Crippen molar-refractivity contribution in [2.24, 2.45) is 0 Å². The summed E-state index contributed by atoms with van der Waals surface area (Å²) in [6.07, 6.45) is 1.22. The lowest BCUT2D eigenvalue weighted by Crippen LogP contribution is -2.46. The van der Waals surface area contributed by atoms with Gasteiger partial charge in [-0.05, 0) is 31.0 Å². The van der Waals surface area contributed by atoms with E-state index in [0.29, 0.717) is 31.5 Å². The lowest BCUT2D eigenvalue weighted by atomic mass is 10.0. The summed E-state index contributed by atoms with van der Waals surface area (Å²) in [5.41, 5.74) is 0.546. The molecule has 0 aromatic heterocycles. The van der Waals surface area contributed by atoms with Crippen molar-refractivity contribution in [3.63, 3.8) is 0 Å². The van der Waals surface area contributed by atoms with Crippen LogP contribution in [0.4, 0.5) is 5.69 Å². The molecule has 0 bridgehead atoms. The molecule has 1 aliphatic rings. The summed E-state index contributed by atoms with van der Waals surface area (Å²) in [4.78, 5) is 36.9. The molecule has 0 atom stereocenters. The van der Waals surface area contributed by atoms with Crippen LogP contribution in [0.3, 0.4) is 0 Å². The molecule has 2 amide bonds. The number of piperidine rings is 1. The van der Waals surface area contributed by atoms with Crippen molar-refractivity contribution in [1.82, 2.24) is 10.2 Å². The fraction of sp³-hybridized carbons (Fsp3) is 0.263. The van der Waals surface area contributed by atoms with Gasteiger partial charge in [0.1, 0.15) is 0 Å². The van der Waals surface area contributed by atoms with Crippen molar-refractivity contribution in [3.8, 4) is 0 Å². The van der Waals surface area contributed by atoms with Gasteiger partial charge < -0.3 is 10.2 Å². The van der Waals surface area contributed by atoms with E-state index in [4.69, 9.17) is 11.6 Å². The number of likely N-dealkylation sites (tertiary alicyclic amines) is 1. The number of non-ortho nitro benzene ring substituents is 1. The maximum atomic E-state index is 12.7. The minimum Gasteiger partial charge on any atom is -0.349 e. The highest BCUT2D eigenvalue weighted by atomic mass is 35.5. The molecule has 1 aliphatic heterocycles. The van der Waals surface area contributed by atoms with E-state index in [0.717, 1.165) is 0 Å². The highest BCUT2D eigenvalue weighted by Gasteiger charge is 2.27. The van der Waals surface area contributed by atoms with E-state index >= 15 is 0 Å². The summed E-state index contributed by atoms with van der Waals surface area (Å²) in [7, 11) is 0. The van der Waals surface area contributed by atoms with E-state index in [-0.39, 0.29) is 34.1 Å². The first-order valence-corrected chi connectivity index (χ1v) is 8.92. The number of nitrogens with zero attached hydrogens (tertiary/aromatic N) is 2. The predicted octanol–water partition coefficient (Wildman–Crippen LogP) is 3.28. The zero-order chi connectivity index (χ0) is 19.4. The first-order valence-electron chi connectivity index (χ1n) is 8.55. The number of nitro groups is 1. The Labute approximate surface area is 161 Å². The number of carbonyl (C=O) groups excluding carboxylic acids is 2. The molecule has 1 heterocycles. The number of amides is 2. The minimum atomic E-state index is -0.557. The molecular weight excluding hydrogens is 370 g/mol. The van der Waals surface area contributed by atoms with Gasteiger partial charge in [0.25, 0.3) is 17.5 Å². The molecule has 140 valence electrons. The Hall–Kier alpha value is -2.93. The Bertz CT molecular complexity index is 865. The van der Waals surface area contributed by atoms with Gasteiger partial charge in [-0.25, -0.2) is 0 Å². The van der Waals surface area contributed by atoms with Gasteiger partial charge in [-0.3, -0.25) is 19.7 Å². The van der Waals surface area contributed by atoms with E-state index in [1.807, 2.05) is 6.07 Å². The van der Waals surface area contributed by atoms with Crippen LogP contribution >= 0.6 is 11.6 Å². The normalized spacial score (nSPS) is 14.6. The van der Waals surface area contributed by atoms with Crippen LogP contribution in [-0.2, 0) is 0 Å². The minimum absolute atomic E-state index is 0.0256. The van der Waals surface area contributed by atoms with Gasteiger partial charge in [-0.2, -0.15) is 0 Å². The van der Waals surface area contributed by atoms with Gasteiger partial charge >= 0.3 is 0 Å². The van der Waals surface area contributed by atoms with E-state index in [1.165, 1.54) is 18.2 Å². The molecule has 3 rings (SSSR count). The second kappa shape index (κ2) is 8.18. The molecule has 0 aliphatic carbocycles. The first-order chi connectivity index (χ1) is 13.0. The molecule has 0 radical (unpaired) electrons. The van der Waals surface area contributed by atoms with Crippen LogP contribution < -0.4 is 5.32 Å². The molecule has 1 fully saturated rings. The van der Waals surface area contributed by atoms with Gasteiger partial charge in [0, 0.05) is 36.8 Å². The van der Waals surface area contributed by atoms with Crippen molar-refractivity contribution in [3.05, 3.63) is 74.8 Å². The Balaban J connectivity index is 1.61. The molecule has 2 aromatic carbocycles. The number of benzene rings is 2. The zero-order valence-electron chi connectivity index (χ0n) is 14.4. The standard InChI is InChI=1S/C19H18ClN3O4/c20-17-7-6-15(23(26)27)12-16(17)19(25)22-10-8-14(9-11-22)21-18(24)13-4-2-1-3-5-13/h1-7,12,14H,8-11H2,(H,21,24). The van der Waals surface area contributed by atoms with Gasteiger partial charge in [0.15, 0.2) is 0 Å². The zero-order valence-corrected chi connectivity index (χ0v) is 15.2. The molecular formula is C19H18ClN3O4. The van der Waals surface area contributed by atoms with Crippen molar-refractivity contribution in [2.45, 2.75) is 18.9 Å². The third-order valence-electron chi connectivity index (χ3n) is 4.54. The third kappa shape index (κ3) is 4.43. The van der Waals surface area contributed by atoms with Crippen molar-refractivity contribution in [1.29, 1.82) is 0 Å². The fourth-order valence-electron chi connectivity index (χ4n) is 3.05. The van der Waals surface area contributed by atoms with Crippen LogP contribution in [-0.4, -0.2) is 40.8 Å². The van der Waals surface area contributed by atoms with Gasteiger partial charge in [0.05, 0.1) is 15.5 Å². The average molecular weight is 388 g/mol. The van der Waals surface area contributed by atoms with E-state index in [9.17, 15) is 19.7 Å². The number of nitrogens with one attached hydrogen (secondary N) is 1. The van der Waals surface area contributed by atoms with E-state index in [2.05, 4.69) is 5.32 Å². The second-order valence-electron chi connectivity index (χ2n) is 6.33. The highest BCUT2D eigenvalue weighted by Crippen LogP contribution is 2.24. The van der Waals surface area contributed by atoms with Crippen molar-refractivity contribution in [2.75, 3.05) is 13.1 Å². The van der Waals surface area contributed by atoms with Crippen LogP contribution in [0.15, 0.2) is 48.5 Å². The molecule has 2 aromatic rings. The molecule has 27 heavy (non-hydrogen) atoms. The Kier molecular flexibility index (Phi) is 5.71. The van der Waals surface area contributed by atoms with Crippen LogP contribution in [0.2, 0.25) is 5.02 Å². The fourth-order valence-corrected chi connectivity index (χ4v) is 3.24. The maximum Gasteiger partial charge on any atom is 0.270 e. The first kappa shape index (κ1) is 18.8. The maximum absolute atomic E-state index is 12.7. The summed E-state index contributed by atoms with van der Waals surface area (Å²) in [5.74, 6) is -0.473. The number of rotatable bonds is 4. The van der Waals surface area contributed by atoms with Crippen molar-refractivity contribution < 1.29 is 14.5 Å². The Morgan fingerprint density at radius 3 is 2.41 bits per heavy atom. The summed E-state index contributed by atoms with van der Waals surface area (Å²) in [6, 6.07) is 12.8.